The molecule has 1 unspecified atom stereocenters. The number of carbonyl (C=O) groups excluding carboxylic acids is 2. The fourth-order valence-electron chi connectivity index (χ4n) is 3.17. The number of benzene rings is 2. The van der Waals surface area contributed by atoms with Crippen molar-refractivity contribution in [2.75, 3.05) is 11.1 Å². The van der Waals surface area contributed by atoms with E-state index in [1.807, 2.05) is 31.2 Å². The molecule has 0 aliphatic rings. The Morgan fingerprint density at radius 2 is 1.90 bits per heavy atom. The Labute approximate surface area is 175 Å². The summed E-state index contributed by atoms with van der Waals surface area (Å²) in [4.78, 5) is 28.8. The highest BCUT2D eigenvalue weighted by Crippen LogP contribution is 2.21. The molecule has 1 heterocycles. The largest absolute Gasteiger partial charge is 0.397 e. The summed E-state index contributed by atoms with van der Waals surface area (Å²) in [7, 11) is 0. The highest BCUT2D eigenvalue weighted by atomic mass is 19.1. The van der Waals surface area contributed by atoms with E-state index in [4.69, 9.17) is 5.73 Å². The zero-order valence-electron chi connectivity index (χ0n) is 16.8. The van der Waals surface area contributed by atoms with Crippen molar-refractivity contribution in [3.05, 3.63) is 89.5 Å². The highest BCUT2D eigenvalue weighted by Gasteiger charge is 2.12. The lowest BCUT2D eigenvalue weighted by atomic mass is 9.94. The van der Waals surface area contributed by atoms with Crippen molar-refractivity contribution in [3.8, 4) is 0 Å². The smallest absolute Gasteiger partial charge is 0.255 e. The number of carbonyl (C=O) groups is 2. The molecule has 0 bridgehead atoms. The van der Waals surface area contributed by atoms with E-state index in [0.29, 0.717) is 30.5 Å². The molecule has 5 nitrogen and oxygen atoms in total. The van der Waals surface area contributed by atoms with Crippen LogP contribution in [0.3, 0.4) is 0 Å². The second-order valence-electron chi connectivity index (χ2n) is 7.31. The van der Waals surface area contributed by atoms with Crippen molar-refractivity contribution < 1.29 is 14.0 Å². The van der Waals surface area contributed by atoms with E-state index in [-0.39, 0.29) is 23.3 Å². The summed E-state index contributed by atoms with van der Waals surface area (Å²) in [5.41, 5.74) is 8.74. The fourth-order valence-corrected chi connectivity index (χ4v) is 3.17. The van der Waals surface area contributed by atoms with Gasteiger partial charge >= 0.3 is 0 Å². The molecule has 2 aromatic carbocycles. The zero-order chi connectivity index (χ0) is 21.5. The lowest BCUT2D eigenvalue weighted by Gasteiger charge is -2.11. The number of hydrogen-bond donors (Lipinski definition) is 2. The zero-order valence-corrected chi connectivity index (χ0v) is 16.8. The highest BCUT2D eigenvalue weighted by molar-refractivity contribution is 6.05. The number of Topliss-reactive ketones (excluding diaryl/α,β-unsaturated/α-hetero) is 1. The quantitative estimate of drug-likeness (QED) is 0.530. The average Bonchev–Trinajstić information content (AvgIpc) is 2.75. The van der Waals surface area contributed by atoms with Crippen molar-refractivity contribution >= 4 is 23.1 Å². The van der Waals surface area contributed by atoms with Crippen molar-refractivity contribution in [2.24, 2.45) is 0 Å². The Bertz CT molecular complexity index is 1020. The number of nitrogens with one attached hydrogen (secondary N) is 1. The van der Waals surface area contributed by atoms with Gasteiger partial charge in [0.1, 0.15) is 11.6 Å². The first-order chi connectivity index (χ1) is 14.4. The van der Waals surface area contributed by atoms with E-state index >= 15 is 0 Å². The number of nitrogens with two attached hydrogens (primary N) is 1. The van der Waals surface area contributed by atoms with Gasteiger partial charge in [-0.15, -0.1) is 0 Å². The summed E-state index contributed by atoms with van der Waals surface area (Å²) in [6.45, 7) is 2.02. The topological polar surface area (TPSA) is 85.1 Å². The van der Waals surface area contributed by atoms with Crippen LogP contribution in [0.2, 0.25) is 0 Å². The molecule has 1 aromatic heterocycles. The minimum absolute atomic E-state index is 0.132. The van der Waals surface area contributed by atoms with Crippen LogP contribution in [0.1, 0.15) is 47.2 Å². The second-order valence-corrected chi connectivity index (χ2v) is 7.31. The molecule has 1 amide bonds. The predicted octanol–water partition coefficient (Wildman–Crippen LogP) is 4.75. The number of amides is 1. The molecule has 0 spiro atoms. The van der Waals surface area contributed by atoms with E-state index in [1.165, 1.54) is 18.2 Å². The number of aromatic nitrogens is 1. The molecule has 3 rings (SSSR count). The Morgan fingerprint density at radius 1 is 1.13 bits per heavy atom. The number of anilines is 2. The van der Waals surface area contributed by atoms with Gasteiger partial charge in [0.15, 0.2) is 0 Å². The standard InChI is InChI=1S/C24H24FN3O2/c1-16(19-3-2-12-27-15-19)13-21(29)10-6-17-4-7-18(8-5-17)24(30)28-23-14-20(25)9-11-22(23)26/h2-5,7-9,11-12,14-16H,6,10,13,26H2,1H3,(H,28,30). The molecular weight excluding hydrogens is 381 g/mol. The van der Waals surface area contributed by atoms with E-state index in [0.717, 1.165) is 11.1 Å². The molecule has 0 aliphatic heterocycles. The van der Waals surface area contributed by atoms with Gasteiger partial charge in [-0.2, -0.15) is 0 Å². The molecule has 0 radical (unpaired) electrons. The summed E-state index contributed by atoms with van der Waals surface area (Å²) in [6, 6.07) is 14.7. The monoisotopic (exact) mass is 405 g/mol. The Balaban J connectivity index is 1.52. The van der Waals surface area contributed by atoms with Crippen LogP contribution < -0.4 is 11.1 Å². The molecule has 1 atom stereocenters. The average molecular weight is 405 g/mol. The maximum Gasteiger partial charge on any atom is 0.255 e. The molecule has 3 aromatic rings. The summed E-state index contributed by atoms with van der Waals surface area (Å²) in [5.74, 6) is -0.528. The number of nitrogens with zero attached hydrogens (tertiary/aromatic N) is 1. The van der Waals surface area contributed by atoms with Crippen LogP contribution in [-0.2, 0) is 11.2 Å². The number of nitrogen functional groups attached to an aromatic ring is 1. The maximum atomic E-state index is 13.3. The van der Waals surface area contributed by atoms with E-state index < -0.39 is 5.82 Å². The minimum atomic E-state index is -0.475. The normalized spacial score (nSPS) is 11.7. The number of pyridine rings is 1. The van der Waals surface area contributed by atoms with Crippen LogP contribution in [0.25, 0.3) is 0 Å². The number of hydrogen-bond acceptors (Lipinski definition) is 4. The third-order valence-electron chi connectivity index (χ3n) is 4.96. The van der Waals surface area contributed by atoms with Gasteiger partial charge < -0.3 is 11.1 Å². The van der Waals surface area contributed by atoms with Gasteiger partial charge in [0.2, 0.25) is 0 Å². The van der Waals surface area contributed by atoms with Crippen molar-refractivity contribution in [2.45, 2.75) is 32.1 Å². The Morgan fingerprint density at radius 3 is 2.60 bits per heavy atom. The van der Waals surface area contributed by atoms with Gasteiger partial charge in [0.05, 0.1) is 11.4 Å². The third-order valence-corrected chi connectivity index (χ3v) is 4.96. The van der Waals surface area contributed by atoms with Gasteiger partial charge in [-0.05, 0) is 59.9 Å². The van der Waals surface area contributed by atoms with Crippen LogP contribution in [0.15, 0.2) is 67.0 Å². The van der Waals surface area contributed by atoms with E-state index in [2.05, 4.69) is 10.3 Å². The van der Waals surface area contributed by atoms with Crippen molar-refractivity contribution in [1.82, 2.24) is 4.98 Å². The Kier molecular flexibility index (Phi) is 6.91. The van der Waals surface area contributed by atoms with Crippen LogP contribution in [0.5, 0.6) is 0 Å². The summed E-state index contributed by atoms with van der Waals surface area (Å²) in [5, 5.41) is 2.61. The predicted molar refractivity (Wildman–Crippen MR) is 116 cm³/mol. The molecule has 30 heavy (non-hydrogen) atoms. The lowest BCUT2D eigenvalue weighted by Crippen LogP contribution is -2.13. The van der Waals surface area contributed by atoms with Crippen molar-refractivity contribution in [3.63, 3.8) is 0 Å². The number of aryl methyl sites for hydroxylation is 1. The molecule has 154 valence electrons. The molecule has 0 saturated carbocycles. The first-order valence-corrected chi connectivity index (χ1v) is 9.79. The second kappa shape index (κ2) is 9.78. The van der Waals surface area contributed by atoms with Gasteiger partial charge in [-0.3, -0.25) is 14.6 Å². The van der Waals surface area contributed by atoms with Crippen LogP contribution in [-0.4, -0.2) is 16.7 Å². The molecule has 0 saturated heterocycles. The van der Waals surface area contributed by atoms with Gasteiger partial charge in [0.25, 0.3) is 5.91 Å². The van der Waals surface area contributed by atoms with E-state index in [1.54, 1.807) is 24.5 Å². The van der Waals surface area contributed by atoms with Gasteiger partial charge in [0, 0.05) is 30.8 Å². The number of halogens is 1. The van der Waals surface area contributed by atoms with E-state index in [9.17, 15) is 14.0 Å². The van der Waals surface area contributed by atoms with Crippen LogP contribution in [0.4, 0.5) is 15.8 Å². The molecule has 0 fully saturated rings. The summed E-state index contributed by atoms with van der Waals surface area (Å²) >= 11 is 0. The maximum absolute atomic E-state index is 13.3. The number of ketones is 1. The lowest BCUT2D eigenvalue weighted by molar-refractivity contribution is -0.119. The van der Waals surface area contributed by atoms with Crippen molar-refractivity contribution in [1.29, 1.82) is 0 Å². The molecule has 0 aliphatic carbocycles. The summed E-state index contributed by atoms with van der Waals surface area (Å²) in [6.07, 6.45) is 5.03. The summed E-state index contributed by atoms with van der Waals surface area (Å²) < 4.78 is 13.3. The first-order valence-electron chi connectivity index (χ1n) is 9.79. The molecular formula is C24H24FN3O2. The Hall–Kier alpha value is -3.54. The van der Waals surface area contributed by atoms with Gasteiger partial charge in [-0.1, -0.05) is 25.1 Å². The first kappa shape index (κ1) is 21.2. The van der Waals surface area contributed by atoms with Crippen LogP contribution >= 0.6 is 0 Å². The van der Waals surface area contributed by atoms with Gasteiger partial charge in [-0.25, -0.2) is 4.39 Å². The number of rotatable bonds is 8. The minimum Gasteiger partial charge on any atom is -0.397 e. The fraction of sp³-hybridized carbons (Fsp3) is 0.208. The third kappa shape index (κ3) is 5.73. The molecule has 3 N–H and O–H groups in total. The van der Waals surface area contributed by atoms with Crippen LogP contribution in [0, 0.1) is 5.82 Å². The SMILES string of the molecule is CC(CC(=O)CCc1ccc(C(=O)Nc2cc(F)ccc2N)cc1)c1cccnc1. The molecule has 6 heteroatoms.